The number of esters is 2. The predicted octanol–water partition coefficient (Wildman–Crippen LogP) is 1.41. The number of aliphatic hydroxyl groups excluding tert-OH is 1. The van der Waals surface area contributed by atoms with E-state index >= 15 is 0 Å². The maximum atomic E-state index is 12.8. The lowest BCUT2D eigenvalue weighted by molar-refractivity contribution is -0.320. The van der Waals surface area contributed by atoms with E-state index in [0.29, 0.717) is 0 Å². The van der Waals surface area contributed by atoms with E-state index in [2.05, 4.69) is 4.98 Å². The van der Waals surface area contributed by atoms with Gasteiger partial charge in [-0.2, -0.15) is 0 Å². The van der Waals surface area contributed by atoms with Crippen molar-refractivity contribution in [2.75, 3.05) is 26.4 Å². The summed E-state index contributed by atoms with van der Waals surface area (Å²) >= 11 is 1.79. The van der Waals surface area contributed by atoms with Crippen LogP contribution in [0.1, 0.15) is 40.8 Å². The van der Waals surface area contributed by atoms with Crippen molar-refractivity contribution < 1.29 is 47.5 Å². The number of aromatic nitrogens is 2. The lowest BCUT2D eigenvalue weighted by Crippen LogP contribution is -2.52. The van der Waals surface area contributed by atoms with Crippen LogP contribution in [-0.2, 0) is 42.4 Å². The van der Waals surface area contributed by atoms with Crippen LogP contribution in [0.5, 0.6) is 0 Å². The first-order valence-electron chi connectivity index (χ1n) is 12.7. The normalized spacial score (nSPS) is 22.4. The molecule has 1 fully saturated rings. The van der Waals surface area contributed by atoms with E-state index in [9.17, 15) is 24.3 Å². The standard InChI is InChI=1S/C24H39IN2O12Si/c1-14(28)33-10-12-35-23(36-13-11-34-15(2)29)38-19-17(39-40(6,7)24(3,4)5)18(20(25)31)37-21(19)27-9-8-16(30)26-22(27)32/h8-9,17-21,23,31H,10-13H2,1-7H3,(H,26,30,32)/t17-,18+,19-,20?,21-/m1/s1. The molecule has 1 aliphatic rings. The summed E-state index contributed by atoms with van der Waals surface area (Å²) in [4.78, 5) is 49.0. The fraction of sp³-hybridized carbons (Fsp3) is 0.750. The van der Waals surface area contributed by atoms with E-state index in [1.807, 2.05) is 33.9 Å². The van der Waals surface area contributed by atoms with Crippen LogP contribution in [0.15, 0.2) is 21.9 Å². The van der Waals surface area contributed by atoms with Gasteiger partial charge in [0.15, 0.2) is 14.5 Å². The number of nitrogens with zero attached hydrogens (tertiary/aromatic N) is 1. The van der Waals surface area contributed by atoms with E-state index in [1.54, 1.807) is 22.6 Å². The predicted molar refractivity (Wildman–Crippen MR) is 151 cm³/mol. The molecular weight excluding hydrogens is 663 g/mol. The average Bonchev–Trinajstić information content (AvgIpc) is 3.15. The van der Waals surface area contributed by atoms with E-state index in [4.69, 9.17) is 32.8 Å². The summed E-state index contributed by atoms with van der Waals surface area (Å²) in [5.41, 5.74) is -1.36. The molecule has 2 N–H and O–H groups in total. The summed E-state index contributed by atoms with van der Waals surface area (Å²) in [6.07, 6.45) is -2.82. The number of aromatic amines is 1. The Balaban J connectivity index is 2.46. The van der Waals surface area contributed by atoms with Crippen LogP contribution >= 0.6 is 22.6 Å². The van der Waals surface area contributed by atoms with Crippen LogP contribution in [0, 0.1) is 0 Å². The zero-order chi connectivity index (χ0) is 30.3. The van der Waals surface area contributed by atoms with Crippen LogP contribution in [-0.4, -0.2) is 90.2 Å². The van der Waals surface area contributed by atoms with E-state index < -0.39 is 66.6 Å². The number of nitrogens with one attached hydrogen (secondary N) is 1. The van der Waals surface area contributed by atoms with E-state index in [1.165, 1.54) is 20.0 Å². The fourth-order valence-electron chi connectivity index (χ4n) is 3.45. The van der Waals surface area contributed by atoms with Crippen molar-refractivity contribution in [3.63, 3.8) is 0 Å². The smallest absolute Gasteiger partial charge is 0.330 e. The first-order valence-corrected chi connectivity index (χ1v) is 16.8. The number of alkyl halides is 1. The van der Waals surface area contributed by atoms with Crippen molar-refractivity contribution in [1.29, 1.82) is 0 Å². The summed E-state index contributed by atoms with van der Waals surface area (Å²) in [6, 6.07) is 1.15. The molecule has 0 saturated carbocycles. The molecule has 16 heteroatoms. The second-order valence-electron chi connectivity index (χ2n) is 10.5. The molecule has 0 radical (unpaired) electrons. The van der Waals surface area contributed by atoms with Gasteiger partial charge in [0, 0.05) is 26.1 Å². The highest BCUT2D eigenvalue weighted by molar-refractivity contribution is 14.1. The molecule has 1 aromatic heterocycles. The molecule has 1 saturated heterocycles. The number of rotatable bonds is 14. The van der Waals surface area contributed by atoms with Gasteiger partial charge < -0.3 is 38.0 Å². The van der Waals surface area contributed by atoms with Gasteiger partial charge in [-0.1, -0.05) is 20.8 Å². The minimum absolute atomic E-state index is 0.0918. The quantitative estimate of drug-likeness (QED) is 0.0714. The molecule has 1 aromatic rings. The molecule has 0 spiro atoms. The molecule has 1 unspecified atom stereocenters. The maximum absolute atomic E-state index is 12.8. The zero-order valence-corrected chi connectivity index (χ0v) is 26.9. The molecule has 0 amide bonds. The molecule has 2 heterocycles. The molecule has 5 atom stereocenters. The van der Waals surface area contributed by atoms with Gasteiger partial charge in [-0.15, -0.1) is 0 Å². The number of ether oxygens (including phenoxy) is 6. The average molecular weight is 703 g/mol. The van der Waals surface area contributed by atoms with E-state index in [0.717, 1.165) is 10.6 Å². The number of carbonyl (C=O) groups is 2. The highest BCUT2D eigenvalue weighted by Gasteiger charge is 2.54. The zero-order valence-electron chi connectivity index (χ0n) is 23.7. The third kappa shape index (κ3) is 10.0. The van der Waals surface area contributed by atoms with Crippen molar-refractivity contribution in [3.05, 3.63) is 33.1 Å². The lowest BCUT2D eigenvalue weighted by atomic mass is 10.1. The summed E-state index contributed by atoms with van der Waals surface area (Å²) in [5, 5.41) is 10.4. The summed E-state index contributed by atoms with van der Waals surface area (Å²) < 4.78 is 40.2. The van der Waals surface area contributed by atoms with Gasteiger partial charge in [-0.05, 0) is 40.7 Å². The van der Waals surface area contributed by atoms with Gasteiger partial charge in [-0.3, -0.25) is 23.9 Å². The molecule has 0 bridgehead atoms. The third-order valence-corrected chi connectivity index (χ3v) is 11.6. The largest absolute Gasteiger partial charge is 0.463 e. The Morgan fingerprint density at radius 3 is 2.08 bits per heavy atom. The topological polar surface area (TPSA) is 174 Å². The van der Waals surface area contributed by atoms with Gasteiger partial charge in [0.25, 0.3) is 12.0 Å². The summed E-state index contributed by atoms with van der Waals surface area (Å²) in [7, 11) is -2.51. The van der Waals surface area contributed by atoms with Gasteiger partial charge in [0.1, 0.15) is 35.6 Å². The van der Waals surface area contributed by atoms with Gasteiger partial charge in [0.05, 0.1) is 13.2 Å². The number of halogens is 1. The third-order valence-electron chi connectivity index (χ3n) is 6.41. The Hall–Kier alpha value is -1.67. The van der Waals surface area contributed by atoms with Crippen molar-refractivity contribution in [2.24, 2.45) is 0 Å². The lowest BCUT2D eigenvalue weighted by Gasteiger charge is -2.41. The molecule has 0 aliphatic carbocycles. The highest BCUT2D eigenvalue weighted by atomic mass is 127. The molecule has 0 aromatic carbocycles. The molecule has 228 valence electrons. The number of hydrogen-bond donors (Lipinski definition) is 2. The summed E-state index contributed by atoms with van der Waals surface area (Å²) in [5.74, 6) is -1.000. The van der Waals surface area contributed by atoms with Crippen molar-refractivity contribution in [3.8, 4) is 0 Å². The number of hydrogen-bond acceptors (Lipinski definition) is 12. The molecule has 14 nitrogen and oxygen atoms in total. The Morgan fingerprint density at radius 2 is 1.62 bits per heavy atom. The number of carbonyl (C=O) groups excluding carboxylic acids is 2. The van der Waals surface area contributed by atoms with Gasteiger partial charge >= 0.3 is 17.6 Å². The molecule has 1 aliphatic heterocycles. The minimum atomic E-state index is -2.51. The van der Waals surface area contributed by atoms with Gasteiger partial charge in [0.2, 0.25) is 0 Å². The molecule has 40 heavy (non-hydrogen) atoms. The summed E-state index contributed by atoms with van der Waals surface area (Å²) in [6.45, 7) is 10.9. The Bertz CT molecular complexity index is 1080. The Morgan fingerprint density at radius 1 is 1.07 bits per heavy atom. The fourth-order valence-corrected chi connectivity index (χ4v) is 5.33. The first-order chi connectivity index (χ1) is 18.5. The van der Waals surface area contributed by atoms with Crippen molar-refractivity contribution in [1.82, 2.24) is 9.55 Å². The van der Waals surface area contributed by atoms with Crippen LogP contribution in [0.3, 0.4) is 0 Å². The monoisotopic (exact) mass is 702 g/mol. The second kappa shape index (κ2) is 15.0. The minimum Gasteiger partial charge on any atom is -0.463 e. The van der Waals surface area contributed by atoms with Gasteiger partial charge in [-0.25, -0.2) is 4.79 Å². The highest BCUT2D eigenvalue weighted by Crippen LogP contribution is 2.43. The number of aliphatic hydroxyl groups is 1. The molecule has 2 rings (SSSR count). The van der Waals surface area contributed by atoms with Crippen molar-refractivity contribution >= 4 is 42.8 Å². The maximum Gasteiger partial charge on any atom is 0.330 e. The SMILES string of the molecule is CC(=O)OCCOC(OCCOC(C)=O)O[C@@H]1[C@H](O[Si](C)(C)C(C)(C)C)[C@@H](C(O)I)O[C@H]1n1ccc(=O)[nH]c1=O. The first kappa shape index (κ1) is 34.5. The van der Waals surface area contributed by atoms with Crippen LogP contribution in [0.25, 0.3) is 0 Å². The van der Waals surface area contributed by atoms with Crippen LogP contribution in [0.4, 0.5) is 0 Å². The van der Waals surface area contributed by atoms with Crippen LogP contribution in [0.2, 0.25) is 18.1 Å². The molecular formula is C24H39IN2O12Si. The Kier molecular flexibility index (Phi) is 12.9. The second-order valence-corrected chi connectivity index (χ2v) is 16.6. The number of H-pyrrole nitrogens is 1. The Labute approximate surface area is 246 Å². The van der Waals surface area contributed by atoms with Crippen LogP contribution < -0.4 is 11.2 Å². The van der Waals surface area contributed by atoms with Crippen molar-refractivity contribution in [2.45, 2.75) is 87.9 Å². The van der Waals surface area contributed by atoms with E-state index in [-0.39, 0.29) is 31.5 Å².